The first-order valence-electron chi connectivity index (χ1n) is 8.05. The Kier molecular flexibility index (Phi) is 8.57. The zero-order valence-electron chi connectivity index (χ0n) is 14.8. The van der Waals surface area contributed by atoms with Crippen LogP contribution < -0.4 is 10.9 Å². The Labute approximate surface area is 164 Å². The van der Waals surface area contributed by atoms with Crippen molar-refractivity contribution in [3.63, 3.8) is 0 Å². The van der Waals surface area contributed by atoms with E-state index in [0.717, 1.165) is 31.6 Å². The third-order valence-electron chi connectivity index (χ3n) is 3.77. The van der Waals surface area contributed by atoms with Gasteiger partial charge in [0.25, 0.3) is 5.56 Å². The number of aromatic amines is 1. The van der Waals surface area contributed by atoms with Crippen LogP contribution in [0.1, 0.15) is 12.8 Å². The average molecular weight is 399 g/mol. The molecule has 0 fully saturated rings. The van der Waals surface area contributed by atoms with Gasteiger partial charge < -0.3 is 14.8 Å². The Morgan fingerprint density at radius 3 is 2.58 bits per heavy atom. The molecule has 3 rings (SSSR count). The molecule has 3 aromatic rings. The zero-order chi connectivity index (χ0) is 16.9. The molecule has 0 unspecified atom stereocenters. The Morgan fingerprint density at radius 1 is 1.15 bits per heavy atom. The van der Waals surface area contributed by atoms with Gasteiger partial charge in [0.15, 0.2) is 11.2 Å². The van der Waals surface area contributed by atoms with Gasteiger partial charge in [-0.25, -0.2) is 4.98 Å². The number of rotatable bonds is 7. The molecule has 0 saturated carbocycles. The van der Waals surface area contributed by atoms with Gasteiger partial charge in [-0.2, -0.15) is 4.98 Å². The highest BCUT2D eigenvalue weighted by atomic mass is 35.5. The molecular weight excluding hydrogens is 375 g/mol. The quantitative estimate of drug-likeness (QED) is 0.597. The molecule has 2 aromatic heterocycles. The van der Waals surface area contributed by atoms with Crippen molar-refractivity contribution in [1.82, 2.24) is 24.4 Å². The van der Waals surface area contributed by atoms with Crippen molar-refractivity contribution < 1.29 is 0 Å². The summed E-state index contributed by atoms with van der Waals surface area (Å²) >= 11 is 0. The van der Waals surface area contributed by atoms with Gasteiger partial charge in [-0.05, 0) is 45.6 Å². The summed E-state index contributed by atoms with van der Waals surface area (Å²) < 4.78 is 1.94. The van der Waals surface area contributed by atoms with Gasteiger partial charge in [0.1, 0.15) is 0 Å². The fraction of sp³-hybridized carbons (Fsp3) is 0.353. The molecule has 0 spiro atoms. The third-order valence-corrected chi connectivity index (χ3v) is 3.77. The lowest BCUT2D eigenvalue weighted by atomic mass is 10.3. The van der Waals surface area contributed by atoms with Crippen molar-refractivity contribution in [3.8, 4) is 0 Å². The summed E-state index contributed by atoms with van der Waals surface area (Å²) in [5.74, 6) is 0.425. The number of nitrogens with zero attached hydrogens (tertiary/aromatic N) is 4. The van der Waals surface area contributed by atoms with Crippen LogP contribution in [-0.4, -0.2) is 45.1 Å². The van der Waals surface area contributed by atoms with Crippen molar-refractivity contribution in [2.75, 3.05) is 26.0 Å². The van der Waals surface area contributed by atoms with Crippen LogP contribution in [0.2, 0.25) is 0 Å². The summed E-state index contributed by atoms with van der Waals surface area (Å²) in [7, 11) is 4.13. The summed E-state index contributed by atoms with van der Waals surface area (Å²) in [5, 5.41) is 3.12. The first-order chi connectivity index (χ1) is 11.6. The van der Waals surface area contributed by atoms with E-state index >= 15 is 0 Å². The highest BCUT2D eigenvalue weighted by molar-refractivity contribution is 5.85. The predicted molar refractivity (Wildman–Crippen MR) is 110 cm³/mol. The number of benzene rings is 1. The molecule has 142 valence electrons. The summed E-state index contributed by atoms with van der Waals surface area (Å²) in [4.78, 5) is 25.8. The number of unbranched alkanes of at least 4 members (excludes halogenated alkanes) is 1. The maximum absolute atomic E-state index is 12.2. The van der Waals surface area contributed by atoms with Gasteiger partial charge in [0.05, 0.1) is 6.33 Å². The van der Waals surface area contributed by atoms with Crippen LogP contribution in [0, 0.1) is 0 Å². The number of nitrogens with one attached hydrogen (secondary N) is 2. The molecule has 0 saturated heterocycles. The van der Waals surface area contributed by atoms with E-state index in [0.29, 0.717) is 17.1 Å². The van der Waals surface area contributed by atoms with Crippen LogP contribution >= 0.6 is 24.8 Å². The van der Waals surface area contributed by atoms with Gasteiger partial charge in [-0.15, -0.1) is 24.8 Å². The molecule has 0 aliphatic carbocycles. The van der Waals surface area contributed by atoms with Crippen LogP contribution in [-0.2, 0) is 6.54 Å². The van der Waals surface area contributed by atoms with E-state index in [1.807, 2.05) is 34.9 Å². The third kappa shape index (κ3) is 5.45. The van der Waals surface area contributed by atoms with Crippen molar-refractivity contribution in [1.29, 1.82) is 0 Å². The molecule has 0 aliphatic heterocycles. The van der Waals surface area contributed by atoms with E-state index in [1.54, 1.807) is 6.33 Å². The normalized spacial score (nSPS) is 10.4. The standard InChI is InChI=1S/C17H22N6O.2ClH/c1-22(2)10-6-7-11-23-12-18-14-15(23)20-17(21-16(14)24)19-13-8-4-3-5-9-13;;/h3-5,8-9,12H,6-7,10-11H2,1-2H3,(H2,19,20,21,24);2*1H. The van der Waals surface area contributed by atoms with Crippen LogP contribution in [0.4, 0.5) is 11.6 Å². The molecule has 1 aromatic carbocycles. The first-order valence-corrected chi connectivity index (χ1v) is 8.05. The fourth-order valence-electron chi connectivity index (χ4n) is 2.55. The monoisotopic (exact) mass is 398 g/mol. The van der Waals surface area contributed by atoms with Crippen LogP contribution in [0.5, 0.6) is 0 Å². The summed E-state index contributed by atoms with van der Waals surface area (Å²) in [6.07, 6.45) is 3.79. The largest absolute Gasteiger partial charge is 0.326 e. The molecule has 0 bridgehead atoms. The lowest BCUT2D eigenvalue weighted by Crippen LogP contribution is -2.14. The molecular formula is C17H24Cl2N6O. The Hall–Kier alpha value is -2.09. The number of anilines is 2. The second-order valence-corrected chi connectivity index (χ2v) is 6.03. The number of hydrogen-bond acceptors (Lipinski definition) is 5. The van der Waals surface area contributed by atoms with Crippen molar-refractivity contribution in [2.45, 2.75) is 19.4 Å². The maximum Gasteiger partial charge on any atom is 0.280 e. The maximum atomic E-state index is 12.2. The lowest BCUT2D eigenvalue weighted by molar-refractivity contribution is 0.388. The SMILES string of the molecule is CN(C)CCCCn1cnc2c(=O)[nH]c(Nc3ccccc3)nc21.Cl.Cl. The highest BCUT2D eigenvalue weighted by Gasteiger charge is 2.10. The Bertz CT molecular complexity index is 863. The summed E-state index contributed by atoms with van der Waals surface area (Å²) in [6.45, 7) is 1.84. The first kappa shape index (κ1) is 22.0. The van der Waals surface area contributed by atoms with Gasteiger partial charge in [0, 0.05) is 12.2 Å². The van der Waals surface area contributed by atoms with E-state index < -0.39 is 0 Å². The molecule has 0 aliphatic rings. The van der Waals surface area contributed by atoms with E-state index in [-0.39, 0.29) is 30.4 Å². The van der Waals surface area contributed by atoms with E-state index in [9.17, 15) is 4.79 Å². The second-order valence-electron chi connectivity index (χ2n) is 6.03. The summed E-state index contributed by atoms with van der Waals surface area (Å²) in [5.41, 5.74) is 1.63. The zero-order valence-corrected chi connectivity index (χ0v) is 16.4. The number of aryl methyl sites for hydroxylation is 1. The highest BCUT2D eigenvalue weighted by Crippen LogP contribution is 2.14. The van der Waals surface area contributed by atoms with E-state index in [2.05, 4.69) is 39.3 Å². The number of aromatic nitrogens is 4. The van der Waals surface area contributed by atoms with Crippen molar-refractivity contribution in [2.24, 2.45) is 0 Å². The molecule has 2 heterocycles. The minimum atomic E-state index is -0.231. The second kappa shape index (κ2) is 10.2. The number of imidazole rings is 1. The van der Waals surface area contributed by atoms with Gasteiger partial charge >= 0.3 is 0 Å². The van der Waals surface area contributed by atoms with Crippen LogP contribution in [0.15, 0.2) is 41.5 Å². The molecule has 2 N–H and O–H groups in total. The predicted octanol–water partition coefficient (Wildman–Crippen LogP) is 3.05. The number of para-hydroxylation sites is 1. The van der Waals surface area contributed by atoms with Gasteiger partial charge in [0.2, 0.25) is 5.95 Å². The fourth-order valence-corrected chi connectivity index (χ4v) is 2.55. The Morgan fingerprint density at radius 2 is 1.88 bits per heavy atom. The molecule has 0 radical (unpaired) electrons. The molecule has 26 heavy (non-hydrogen) atoms. The summed E-state index contributed by atoms with van der Waals surface area (Å²) in [6, 6.07) is 9.63. The molecule has 7 nitrogen and oxygen atoms in total. The van der Waals surface area contributed by atoms with E-state index in [1.165, 1.54) is 0 Å². The minimum Gasteiger partial charge on any atom is -0.326 e. The van der Waals surface area contributed by atoms with Gasteiger partial charge in [-0.3, -0.25) is 9.78 Å². The van der Waals surface area contributed by atoms with Crippen LogP contribution in [0.3, 0.4) is 0 Å². The van der Waals surface area contributed by atoms with Gasteiger partial charge in [-0.1, -0.05) is 18.2 Å². The minimum absolute atomic E-state index is 0. The number of fused-ring (bicyclic) bond motifs is 1. The molecule has 0 atom stereocenters. The molecule has 0 amide bonds. The number of H-pyrrole nitrogens is 1. The van der Waals surface area contributed by atoms with Crippen molar-refractivity contribution >= 4 is 47.6 Å². The van der Waals surface area contributed by atoms with Crippen LogP contribution in [0.25, 0.3) is 11.2 Å². The average Bonchev–Trinajstić information content (AvgIpc) is 2.96. The number of hydrogen-bond donors (Lipinski definition) is 2. The van der Waals surface area contributed by atoms with E-state index in [4.69, 9.17) is 0 Å². The topological polar surface area (TPSA) is 78.8 Å². The smallest absolute Gasteiger partial charge is 0.280 e. The van der Waals surface area contributed by atoms with Crippen molar-refractivity contribution in [3.05, 3.63) is 47.0 Å². The molecule has 9 heteroatoms. The Balaban J connectivity index is 0.00000169. The number of halogens is 2. The lowest BCUT2D eigenvalue weighted by Gasteiger charge is -2.09.